The molecule has 1 aromatic carbocycles. The molecular formula is C14H10F11NO2. The van der Waals surface area contributed by atoms with E-state index in [-0.39, 0.29) is 5.56 Å². The van der Waals surface area contributed by atoms with Crippen molar-refractivity contribution in [2.45, 2.75) is 43.2 Å². The van der Waals surface area contributed by atoms with Crippen LogP contribution in [0.15, 0.2) is 30.3 Å². The normalized spacial score (nSPS) is 17.0. The summed E-state index contributed by atoms with van der Waals surface area (Å²) in [6.45, 7) is 0.965. The Morgan fingerprint density at radius 2 is 1.32 bits per heavy atom. The lowest BCUT2D eigenvalue weighted by Gasteiger charge is -2.34. The van der Waals surface area contributed by atoms with E-state index >= 15 is 0 Å². The maximum atomic E-state index is 14.0. The quantitative estimate of drug-likeness (QED) is 0.649. The molecular weight excluding hydrogens is 423 g/mol. The van der Waals surface area contributed by atoms with Crippen molar-refractivity contribution in [1.82, 2.24) is 5.32 Å². The fourth-order valence-electron chi connectivity index (χ4n) is 1.75. The summed E-state index contributed by atoms with van der Waals surface area (Å²) in [6.07, 6.45) is -20.9. The Kier molecular flexibility index (Phi) is 6.29. The van der Waals surface area contributed by atoms with Crippen LogP contribution < -0.4 is 5.32 Å². The molecule has 0 fully saturated rings. The van der Waals surface area contributed by atoms with Crippen LogP contribution >= 0.6 is 0 Å². The van der Waals surface area contributed by atoms with Crippen molar-refractivity contribution < 1.29 is 57.8 Å². The second kappa shape index (κ2) is 7.37. The van der Waals surface area contributed by atoms with Crippen LogP contribution in [0.1, 0.15) is 18.5 Å². The van der Waals surface area contributed by atoms with Gasteiger partial charge in [0.15, 0.2) is 0 Å². The first kappa shape index (κ1) is 23.9. The van der Waals surface area contributed by atoms with E-state index in [9.17, 15) is 53.1 Å². The summed E-state index contributed by atoms with van der Waals surface area (Å²) in [5.41, 5.74) is 0.0350. The Morgan fingerprint density at radius 1 is 0.857 bits per heavy atom. The van der Waals surface area contributed by atoms with E-state index in [1.54, 1.807) is 0 Å². The van der Waals surface area contributed by atoms with Gasteiger partial charge in [0.05, 0.1) is 6.04 Å². The van der Waals surface area contributed by atoms with Crippen molar-refractivity contribution in [3.63, 3.8) is 0 Å². The molecule has 0 aliphatic rings. The van der Waals surface area contributed by atoms with E-state index in [4.69, 9.17) is 0 Å². The zero-order chi connectivity index (χ0) is 22.2. The summed E-state index contributed by atoms with van der Waals surface area (Å²) in [4.78, 5) is 11.6. The number of ether oxygens (including phenoxy) is 1. The minimum absolute atomic E-state index is 0.0350. The molecule has 1 rings (SSSR count). The molecule has 1 N–H and O–H groups in total. The molecule has 0 heterocycles. The van der Waals surface area contributed by atoms with Gasteiger partial charge in [0.1, 0.15) is 0 Å². The number of benzene rings is 1. The average molecular weight is 433 g/mol. The Labute approximate surface area is 149 Å². The van der Waals surface area contributed by atoms with Gasteiger partial charge in [-0.2, -0.15) is 48.3 Å². The zero-order valence-electron chi connectivity index (χ0n) is 13.4. The minimum atomic E-state index is -7.23. The smallest absolute Gasteiger partial charge is 0.344 e. The van der Waals surface area contributed by atoms with Gasteiger partial charge in [0.25, 0.3) is 5.91 Å². The second-order valence-corrected chi connectivity index (χ2v) is 5.39. The Hall–Kier alpha value is -2.12. The first-order valence-corrected chi connectivity index (χ1v) is 7.01. The van der Waals surface area contributed by atoms with Gasteiger partial charge in [-0.05, 0) is 12.5 Å². The maximum absolute atomic E-state index is 14.0. The highest BCUT2D eigenvalue weighted by Gasteiger charge is 2.79. The monoisotopic (exact) mass is 433 g/mol. The fraction of sp³-hybridized carbons (Fsp3) is 0.500. The van der Waals surface area contributed by atoms with Gasteiger partial charge >= 0.3 is 30.2 Å². The summed E-state index contributed by atoms with van der Waals surface area (Å²) in [5.74, 6) is -16.5. The van der Waals surface area contributed by atoms with Crippen LogP contribution in [0.25, 0.3) is 0 Å². The van der Waals surface area contributed by atoms with Crippen LogP contribution in [0.2, 0.25) is 0 Å². The van der Waals surface area contributed by atoms with E-state index in [2.05, 4.69) is 4.74 Å². The SMILES string of the molecule is CC(NC(=O)C(F)(OC(F)(F)C(F)(F)C(F)(F)F)C(F)(F)F)c1ccccc1. The second-order valence-electron chi connectivity index (χ2n) is 5.39. The van der Waals surface area contributed by atoms with E-state index in [1.807, 2.05) is 0 Å². The van der Waals surface area contributed by atoms with Crippen molar-refractivity contribution >= 4 is 5.91 Å². The average Bonchev–Trinajstić information content (AvgIpc) is 2.52. The van der Waals surface area contributed by atoms with Gasteiger partial charge in [-0.15, -0.1) is 0 Å². The van der Waals surface area contributed by atoms with Gasteiger partial charge in [0.2, 0.25) is 0 Å². The standard InChI is InChI=1S/C14H10F11NO2/c1-7(8-5-3-2-4-6-8)26-9(27)10(15,12(18,19)20)28-14(24,25)11(16,17)13(21,22)23/h2-7H,1H3,(H,26,27). The van der Waals surface area contributed by atoms with Crippen LogP contribution in [0, 0.1) is 0 Å². The number of carbonyl (C=O) groups is 1. The number of hydrogen-bond donors (Lipinski definition) is 1. The molecule has 14 heteroatoms. The summed E-state index contributed by atoms with van der Waals surface area (Å²) in [7, 11) is 0. The summed E-state index contributed by atoms with van der Waals surface area (Å²) >= 11 is 0. The first-order chi connectivity index (χ1) is 12.4. The number of nitrogens with one attached hydrogen (secondary N) is 1. The van der Waals surface area contributed by atoms with Crippen LogP contribution in [-0.2, 0) is 9.53 Å². The molecule has 28 heavy (non-hydrogen) atoms. The maximum Gasteiger partial charge on any atom is 0.462 e. The van der Waals surface area contributed by atoms with Gasteiger partial charge in [-0.3, -0.25) is 9.53 Å². The predicted octanol–water partition coefficient (Wildman–Crippen LogP) is 4.90. The van der Waals surface area contributed by atoms with Crippen molar-refractivity contribution in [3.05, 3.63) is 35.9 Å². The van der Waals surface area contributed by atoms with E-state index < -0.39 is 42.2 Å². The first-order valence-electron chi connectivity index (χ1n) is 7.01. The molecule has 1 aromatic rings. The molecule has 0 aliphatic heterocycles. The molecule has 1 amide bonds. The minimum Gasteiger partial charge on any atom is -0.344 e. The molecule has 0 aromatic heterocycles. The molecule has 2 unspecified atom stereocenters. The molecule has 160 valence electrons. The van der Waals surface area contributed by atoms with Gasteiger partial charge < -0.3 is 5.32 Å². The zero-order valence-corrected chi connectivity index (χ0v) is 13.4. The lowest BCUT2D eigenvalue weighted by Crippen LogP contribution is -2.63. The van der Waals surface area contributed by atoms with Crippen LogP contribution in [0.5, 0.6) is 0 Å². The number of halogens is 11. The third-order valence-corrected chi connectivity index (χ3v) is 3.29. The Bertz CT molecular complexity index is 687. The summed E-state index contributed by atoms with van der Waals surface area (Å²) in [6, 6.07) is 5.05. The van der Waals surface area contributed by atoms with Gasteiger partial charge in [-0.1, -0.05) is 30.3 Å². The highest BCUT2D eigenvalue weighted by atomic mass is 19.4. The largest absolute Gasteiger partial charge is 0.462 e. The molecule has 0 aliphatic carbocycles. The Morgan fingerprint density at radius 3 is 1.71 bits per heavy atom. The highest BCUT2D eigenvalue weighted by Crippen LogP contribution is 2.51. The van der Waals surface area contributed by atoms with E-state index in [0.29, 0.717) is 0 Å². The van der Waals surface area contributed by atoms with Crippen molar-refractivity contribution in [2.24, 2.45) is 0 Å². The van der Waals surface area contributed by atoms with E-state index in [1.165, 1.54) is 35.6 Å². The number of hydrogen-bond acceptors (Lipinski definition) is 2. The lowest BCUT2D eigenvalue weighted by atomic mass is 10.1. The molecule has 0 saturated heterocycles. The number of amides is 1. The number of rotatable bonds is 6. The lowest BCUT2D eigenvalue weighted by molar-refractivity contribution is -0.473. The van der Waals surface area contributed by atoms with Crippen LogP contribution in [0.4, 0.5) is 48.3 Å². The summed E-state index contributed by atoms with van der Waals surface area (Å²) < 4.78 is 142. The van der Waals surface area contributed by atoms with Crippen molar-refractivity contribution in [1.29, 1.82) is 0 Å². The molecule has 0 radical (unpaired) electrons. The molecule has 2 atom stereocenters. The highest BCUT2D eigenvalue weighted by molar-refractivity contribution is 5.85. The molecule has 0 saturated carbocycles. The fourth-order valence-corrected chi connectivity index (χ4v) is 1.75. The molecule has 0 bridgehead atoms. The van der Waals surface area contributed by atoms with Crippen LogP contribution in [-0.4, -0.2) is 36.1 Å². The van der Waals surface area contributed by atoms with Gasteiger partial charge in [-0.25, -0.2) is 0 Å². The van der Waals surface area contributed by atoms with E-state index in [0.717, 1.165) is 6.92 Å². The third-order valence-electron chi connectivity index (χ3n) is 3.29. The van der Waals surface area contributed by atoms with Crippen molar-refractivity contribution in [3.8, 4) is 0 Å². The van der Waals surface area contributed by atoms with Crippen LogP contribution in [0.3, 0.4) is 0 Å². The summed E-state index contributed by atoms with van der Waals surface area (Å²) in [5, 5.41) is 1.24. The Balaban J connectivity index is 3.24. The number of carbonyl (C=O) groups excluding carboxylic acids is 1. The van der Waals surface area contributed by atoms with Crippen molar-refractivity contribution in [2.75, 3.05) is 0 Å². The molecule has 3 nitrogen and oxygen atoms in total. The molecule has 0 spiro atoms. The predicted molar refractivity (Wildman–Crippen MR) is 69.9 cm³/mol. The number of alkyl halides is 11. The topological polar surface area (TPSA) is 38.3 Å². The third kappa shape index (κ3) is 4.47. The van der Waals surface area contributed by atoms with Gasteiger partial charge in [0, 0.05) is 0 Å².